The SMILES string of the molecule is CC1CCC(CNC(=O)CC2(CC(=O)O)CCCC2)CC1. The van der Waals surface area contributed by atoms with Gasteiger partial charge in [0.15, 0.2) is 0 Å². The number of carbonyl (C=O) groups is 2. The number of amides is 1. The van der Waals surface area contributed by atoms with Crippen LogP contribution in [0.4, 0.5) is 0 Å². The van der Waals surface area contributed by atoms with Gasteiger partial charge < -0.3 is 10.4 Å². The van der Waals surface area contributed by atoms with Gasteiger partial charge in [0.05, 0.1) is 6.42 Å². The predicted octanol–water partition coefficient (Wildman–Crippen LogP) is 3.35. The van der Waals surface area contributed by atoms with Crippen molar-refractivity contribution >= 4 is 11.9 Å². The molecule has 0 saturated heterocycles. The molecule has 0 atom stereocenters. The first-order valence-electron chi connectivity index (χ1n) is 8.48. The van der Waals surface area contributed by atoms with Crippen LogP contribution in [0.15, 0.2) is 0 Å². The molecule has 2 N–H and O–H groups in total. The van der Waals surface area contributed by atoms with Gasteiger partial charge in [-0.1, -0.05) is 32.6 Å². The van der Waals surface area contributed by atoms with Crippen LogP contribution in [0.3, 0.4) is 0 Å². The first-order chi connectivity index (χ1) is 9.99. The molecule has 4 nitrogen and oxygen atoms in total. The monoisotopic (exact) mass is 295 g/mol. The van der Waals surface area contributed by atoms with E-state index in [1.54, 1.807) is 0 Å². The summed E-state index contributed by atoms with van der Waals surface area (Å²) in [5.74, 6) is 0.723. The number of carboxylic acid groups (broad SMARTS) is 1. The molecule has 4 heteroatoms. The Morgan fingerprint density at radius 3 is 2.29 bits per heavy atom. The van der Waals surface area contributed by atoms with Crippen molar-refractivity contribution in [3.05, 3.63) is 0 Å². The first-order valence-corrected chi connectivity index (χ1v) is 8.48. The Morgan fingerprint density at radius 2 is 1.71 bits per heavy atom. The second-order valence-corrected chi connectivity index (χ2v) is 7.38. The van der Waals surface area contributed by atoms with E-state index in [1.807, 2.05) is 0 Å². The van der Waals surface area contributed by atoms with Crippen molar-refractivity contribution in [3.8, 4) is 0 Å². The molecular weight excluding hydrogens is 266 g/mol. The predicted molar refractivity (Wildman–Crippen MR) is 81.9 cm³/mol. The van der Waals surface area contributed by atoms with E-state index in [1.165, 1.54) is 25.7 Å². The molecule has 0 spiro atoms. The van der Waals surface area contributed by atoms with Crippen LogP contribution in [0.1, 0.15) is 71.1 Å². The van der Waals surface area contributed by atoms with Crippen molar-refractivity contribution < 1.29 is 14.7 Å². The smallest absolute Gasteiger partial charge is 0.303 e. The van der Waals surface area contributed by atoms with E-state index in [-0.39, 0.29) is 17.7 Å². The van der Waals surface area contributed by atoms with Gasteiger partial charge >= 0.3 is 5.97 Å². The molecule has 0 bridgehead atoms. The molecule has 0 aromatic carbocycles. The number of carbonyl (C=O) groups excluding carboxylic acids is 1. The summed E-state index contributed by atoms with van der Waals surface area (Å²) in [7, 11) is 0. The lowest BCUT2D eigenvalue weighted by molar-refractivity contribution is -0.140. The van der Waals surface area contributed by atoms with E-state index in [9.17, 15) is 9.59 Å². The molecule has 1 amide bonds. The third-order valence-electron chi connectivity index (χ3n) is 5.45. The van der Waals surface area contributed by atoms with Crippen LogP contribution < -0.4 is 5.32 Å². The van der Waals surface area contributed by atoms with Gasteiger partial charge in [-0.2, -0.15) is 0 Å². The minimum absolute atomic E-state index is 0.0526. The number of hydrogen-bond acceptors (Lipinski definition) is 2. The standard InChI is InChI=1S/C17H29NO3/c1-13-4-6-14(7-5-13)12-18-15(19)10-17(11-16(20)21)8-2-3-9-17/h13-14H,2-12H2,1H3,(H,18,19)(H,20,21). The number of carboxylic acids is 1. The molecule has 0 heterocycles. The van der Waals surface area contributed by atoms with E-state index in [0.29, 0.717) is 12.3 Å². The molecule has 2 fully saturated rings. The minimum Gasteiger partial charge on any atom is -0.481 e. The molecule has 0 aromatic heterocycles. The van der Waals surface area contributed by atoms with Crippen LogP contribution in [0.25, 0.3) is 0 Å². The second-order valence-electron chi connectivity index (χ2n) is 7.38. The lowest BCUT2D eigenvalue weighted by Crippen LogP contribution is -2.35. The maximum Gasteiger partial charge on any atom is 0.303 e. The molecule has 0 aromatic rings. The van der Waals surface area contributed by atoms with Gasteiger partial charge in [0, 0.05) is 13.0 Å². The molecule has 0 aliphatic heterocycles. The highest BCUT2D eigenvalue weighted by molar-refractivity contribution is 5.78. The minimum atomic E-state index is -0.772. The summed E-state index contributed by atoms with van der Waals surface area (Å²) in [5, 5.41) is 12.1. The highest BCUT2D eigenvalue weighted by Gasteiger charge is 2.38. The summed E-state index contributed by atoms with van der Waals surface area (Å²) in [6.07, 6.45) is 9.36. The molecule has 2 saturated carbocycles. The molecule has 21 heavy (non-hydrogen) atoms. The Balaban J connectivity index is 1.76. The van der Waals surface area contributed by atoms with Crippen LogP contribution in [0.2, 0.25) is 0 Å². The molecule has 120 valence electrons. The topological polar surface area (TPSA) is 66.4 Å². The summed E-state index contributed by atoms with van der Waals surface area (Å²) in [4.78, 5) is 23.2. The van der Waals surface area contributed by atoms with Gasteiger partial charge in [-0.15, -0.1) is 0 Å². The van der Waals surface area contributed by atoms with Crippen molar-refractivity contribution in [2.75, 3.05) is 6.54 Å². The molecule has 2 aliphatic rings. The summed E-state index contributed by atoms with van der Waals surface area (Å²) >= 11 is 0. The van der Waals surface area contributed by atoms with E-state index in [2.05, 4.69) is 12.2 Å². The Hall–Kier alpha value is -1.06. The molecule has 0 unspecified atom stereocenters. The fourth-order valence-corrected chi connectivity index (χ4v) is 4.06. The van der Waals surface area contributed by atoms with Gasteiger partial charge in [-0.3, -0.25) is 9.59 Å². The van der Waals surface area contributed by atoms with Crippen LogP contribution in [0, 0.1) is 17.3 Å². The number of aliphatic carboxylic acids is 1. The van der Waals surface area contributed by atoms with Gasteiger partial charge in [0.1, 0.15) is 0 Å². The number of rotatable bonds is 6. The van der Waals surface area contributed by atoms with E-state index in [4.69, 9.17) is 5.11 Å². The third-order valence-corrected chi connectivity index (χ3v) is 5.45. The summed E-state index contributed by atoms with van der Waals surface area (Å²) in [6, 6.07) is 0. The van der Waals surface area contributed by atoms with E-state index < -0.39 is 5.97 Å². The number of hydrogen-bond donors (Lipinski definition) is 2. The highest BCUT2D eigenvalue weighted by Crippen LogP contribution is 2.44. The van der Waals surface area contributed by atoms with E-state index in [0.717, 1.165) is 38.1 Å². The fraction of sp³-hybridized carbons (Fsp3) is 0.882. The zero-order valence-corrected chi connectivity index (χ0v) is 13.2. The van der Waals surface area contributed by atoms with Crippen molar-refractivity contribution in [3.63, 3.8) is 0 Å². The highest BCUT2D eigenvalue weighted by atomic mass is 16.4. The Labute approximate surface area is 127 Å². The second kappa shape index (κ2) is 7.28. The van der Waals surface area contributed by atoms with Crippen molar-refractivity contribution in [1.82, 2.24) is 5.32 Å². The summed E-state index contributed by atoms with van der Waals surface area (Å²) in [5.41, 5.74) is -0.281. The third kappa shape index (κ3) is 5.01. The zero-order valence-electron chi connectivity index (χ0n) is 13.2. The average Bonchev–Trinajstić information content (AvgIpc) is 2.85. The van der Waals surface area contributed by atoms with Crippen molar-refractivity contribution in [2.24, 2.45) is 17.3 Å². The Morgan fingerprint density at radius 1 is 1.10 bits per heavy atom. The zero-order chi connectivity index (χ0) is 15.3. The van der Waals surface area contributed by atoms with Crippen LogP contribution >= 0.6 is 0 Å². The summed E-state index contributed by atoms with van der Waals surface area (Å²) in [6.45, 7) is 3.07. The maximum absolute atomic E-state index is 12.2. The molecule has 0 radical (unpaired) electrons. The quantitative estimate of drug-likeness (QED) is 0.789. The van der Waals surface area contributed by atoms with Gasteiger partial charge in [-0.25, -0.2) is 0 Å². The largest absolute Gasteiger partial charge is 0.481 e. The van der Waals surface area contributed by atoms with Gasteiger partial charge in [-0.05, 0) is 42.9 Å². The Bertz CT molecular complexity index is 366. The van der Waals surface area contributed by atoms with Gasteiger partial charge in [0.2, 0.25) is 5.91 Å². The molecule has 2 aliphatic carbocycles. The van der Waals surface area contributed by atoms with Crippen LogP contribution in [-0.2, 0) is 9.59 Å². The number of nitrogens with one attached hydrogen (secondary N) is 1. The lowest BCUT2D eigenvalue weighted by atomic mass is 9.79. The van der Waals surface area contributed by atoms with Crippen molar-refractivity contribution in [1.29, 1.82) is 0 Å². The van der Waals surface area contributed by atoms with Crippen LogP contribution in [-0.4, -0.2) is 23.5 Å². The molecular formula is C17H29NO3. The van der Waals surface area contributed by atoms with Gasteiger partial charge in [0.25, 0.3) is 0 Å². The maximum atomic E-state index is 12.2. The molecule has 2 rings (SSSR count). The summed E-state index contributed by atoms with van der Waals surface area (Å²) < 4.78 is 0. The first kappa shape index (κ1) is 16.3. The van der Waals surface area contributed by atoms with Crippen LogP contribution in [0.5, 0.6) is 0 Å². The Kier molecular flexibility index (Phi) is 5.65. The fourth-order valence-electron chi connectivity index (χ4n) is 4.06. The van der Waals surface area contributed by atoms with E-state index >= 15 is 0 Å². The average molecular weight is 295 g/mol. The normalized spacial score (nSPS) is 28.2. The van der Waals surface area contributed by atoms with Crippen molar-refractivity contribution in [2.45, 2.75) is 71.1 Å². The lowest BCUT2D eigenvalue weighted by Gasteiger charge is -2.28.